The first-order chi connectivity index (χ1) is 24.7. The third-order valence-electron chi connectivity index (χ3n) is 8.59. The van der Waals surface area contributed by atoms with E-state index in [0.29, 0.717) is 5.28 Å². The van der Waals surface area contributed by atoms with Crippen molar-refractivity contribution in [1.29, 1.82) is 0 Å². The Kier molecular flexibility index (Phi) is 13.6. The molecule has 5 rings (SSSR count). The molecule has 6 atom stereocenters. The summed E-state index contributed by atoms with van der Waals surface area (Å²) in [4.78, 5) is 55.5. The molecular weight excluding hydrogens is 693 g/mol. The maximum Gasteiger partial charge on any atom is 0.680 e. The molecular formula is C38H41AlClNO10. The number of allylic oxidation sites excluding steroid dienone is 1. The van der Waals surface area contributed by atoms with Gasteiger partial charge in [-0.05, 0) is 66.5 Å². The van der Waals surface area contributed by atoms with E-state index in [1.165, 1.54) is 4.90 Å². The van der Waals surface area contributed by atoms with Crippen LogP contribution >= 0.6 is 10.0 Å². The molecule has 0 bridgehead atoms. The molecule has 0 aliphatic carbocycles. The number of esters is 3. The number of amides is 1. The highest BCUT2D eigenvalue weighted by atomic mass is 35.6. The minimum absolute atomic E-state index is 0.0262. The molecule has 2 fully saturated rings. The molecule has 13 heteroatoms. The van der Waals surface area contributed by atoms with Crippen LogP contribution in [0.5, 0.6) is 0 Å². The molecule has 1 unspecified atom stereocenters. The maximum atomic E-state index is 13.8. The van der Waals surface area contributed by atoms with Crippen molar-refractivity contribution >= 4 is 47.6 Å². The van der Waals surface area contributed by atoms with Gasteiger partial charge in [-0.3, -0.25) is 0 Å². The Bertz CT molecular complexity index is 1660. The number of rotatable bonds is 15. The van der Waals surface area contributed by atoms with Gasteiger partial charge in [0.1, 0.15) is 18.8 Å². The van der Waals surface area contributed by atoms with Gasteiger partial charge >= 0.3 is 37.6 Å². The van der Waals surface area contributed by atoms with Gasteiger partial charge in [-0.15, -0.1) is 0 Å². The number of hydrogen-bond donors (Lipinski definition) is 0. The monoisotopic (exact) mass is 733 g/mol. The van der Waals surface area contributed by atoms with Crippen LogP contribution in [0.15, 0.2) is 103 Å². The second-order valence-electron chi connectivity index (χ2n) is 12.1. The number of halogens is 1. The SMILES string of the molecule is CCCC(/C=C(\[O][Al]([Cl])[CH2]C)N1C(=O)O[C@H]2O[C@H](COC(=O)c3ccccc3)[C@@H](OC(=O)c3ccccc3)[C@H](OC(=O)c3ccccc3)[C@H]21)CC. The number of ether oxygens (including phenoxy) is 5. The van der Waals surface area contributed by atoms with Crippen molar-refractivity contribution in [2.75, 3.05) is 6.61 Å². The largest absolute Gasteiger partial charge is 0.680 e. The quantitative estimate of drug-likeness (QED) is 0.0681. The van der Waals surface area contributed by atoms with Crippen LogP contribution in [0.4, 0.5) is 4.79 Å². The van der Waals surface area contributed by atoms with Gasteiger partial charge in [0.15, 0.2) is 18.1 Å². The van der Waals surface area contributed by atoms with Gasteiger partial charge in [0.25, 0.3) is 0 Å². The zero-order valence-electron chi connectivity index (χ0n) is 28.7. The molecule has 0 spiro atoms. The summed E-state index contributed by atoms with van der Waals surface area (Å²) in [7, 11) is 6.64. The second kappa shape index (κ2) is 18.2. The average Bonchev–Trinajstić information content (AvgIpc) is 3.50. The van der Waals surface area contributed by atoms with Gasteiger partial charge in [0.05, 0.1) is 16.7 Å². The molecule has 3 aromatic carbocycles. The highest BCUT2D eigenvalue weighted by molar-refractivity contribution is 7.03. The summed E-state index contributed by atoms with van der Waals surface area (Å²) in [6.07, 6.45) is -1.86. The van der Waals surface area contributed by atoms with Crippen LogP contribution in [0.25, 0.3) is 0 Å². The summed E-state index contributed by atoms with van der Waals surface area (Å²) in [5, 5.41) is 0.551. The van der Waals surface area contributed by atoms with E-state index in [1.807, 2.05) is 19.9 Å². The first-order valence-electron chi connectivity index (χ1n) is 17.2. The maximum absolute atomic E-state index is 13.8. The molecule has 2 aliphatic heterocycles. The summed E-state index contributed by atoms with van der Waals surface area (Å²) in [6.45, 7) is 5.56. The van der Waals surface area contributed by atoms with E-state index >= 15 is 0 Å². The average molecular weight is 734 g/mol. The van der Waals surface area contributed by atoms with Gasteiger partial charge in [0.2, 0.25) is 6.29 Å². The number of nitrogens with zero attached hydrogens (tertiary/aromatic N) is 1. The smallest absolute Gasteiger partial charge is 0.619 e. The Morgan fingerprint density at radius 1 is 0.824 bits per heavy atom. The lowest BCUT2D eigenvalue weighted by Crippen LogP contribution is -2.63. The van der Waals surface area contributed by atoms with Crippen molar-refractivity contribution in [3.63, 3.8) is 0 Å². The molecule has 0 N–H and O–H groups in total. The molecule has 2 saturated heterocycles. The fraction of sp³-hybridized carbons (Fsp3) is 0.368. The molecule has 0 aromatic heterocycles. The lowest BCUT2D eigenvalue weighted by atomic mass is 9.95. The van der Waals surface area contributed by atoms with Crippen molar-refractivity contribution in [3.05, 3.63) is 120 Å². The molecule has 0 saturated carbocycles. The molecule has 3 aromatic rings. The van der Waals surface area contributed by atoms with Crippen LogP contribution in [0.2, 0.25) is 5.28 Å². The topological polar surface area (TPSA) is 127 Å². The second-order valence-corrected chi connectivity index (χ2v) is 15.5. The molecule has 268 valence electrons. The number of carbonyl (C=O) groups excluding carboxylic acids is 4. The molecule has 51 heavy (non-hydrogen) atoms. The standard InChI is InChI=1S/C36H37NO10.C2H5.Al.ClH/c1-3-14-23(4-2)21-28(38)37-29-31(46-34(41)26-19-12-7-13-20-26)30(45-33(40)25-17-10-6-11-18-25)27(44-35(29)47-36(37)42)22-43-32(39)24-15-8-5-9-16-24;1-2;;/h5-13,15-21,23,27,29-31,35,38H,3-4,14,22H2,1-2H3;1H2,2H3;;1H/q;;+2;/p-2/b28-21-;;;/t23?,27-,29-,30-,31-,35-;;;/m1.../s1. The van der Waals surface area contributed by atoms with Crippen molar-refractivity contribution < 1.29 is 46.7 Å². The summed E-state index contributed by atoms with van der Waals surface area (Å²) in [5.41, 5.74) is 0.726. The van der Waals surface area contributed by atoms with Crippen LogP contribution in [-0.4, -0.2) is 79.7 Å². The van der Waals surface area contributed by atoms with Gasteiger partial charge in [-0.25, -0.2) is 34.1 Å². The van der Waals surface area contributed by atoms with Crippen LogP contribution in [-0.2, 0) is 27.5 Å². The number of benzene rings is 3. The van der Waals surface area contributed by atoms with Crippen molar-refractivity contribution in [1.82, 2.24) is 4.90 Å². The first kappa shape index (κ1) is 37.9. The highest BCUT2D eigenvalue weighted by Gasteiger charge is 2.60. The van der Waals surface area contributed by atoms with Crippen LogP contribution in [0.1, 0.15) is 71.1 Å². The zero-order valence-corrected chi connectivity index (χ0v) is 30.6. The summed E-state index contributed by atoms with van der Waals surface area (Å²) in [6, 6.07) is 23.7. The van der Waals surface area contributed by atoms with Crippen LogP contribution < -0.4 is 0 Å². The van der Waals surface area contributed by atoms with E-state index in [0.717, 1.165) is 19.3 Å². The van der Waals surface area contributed by atoms with Crippen LogP contribution in [0, 0.1) is 5.92 Å². The lowest BCUT2D eigenvalue weighted by Gasteiger charge is -2.43. The molecule has 1 amide bonds. The van der Waals surface area contributed by atoms with Crippen LogP contribution in [0.3, 0.4) is 0 Å². The number of fused-ring (bicyclic) bond motifs is 1. The van der Waals surface area contributed by atoms with Crippen molar-refractivity contribution in [2.24, 2.45) is 5.92 Å². The minimum Gasteiger partial charge on any atom is -0.619 e. The normalized spacial score (nSPS) is 21.9. The third-order valence-corrected chi connectivity index (χ3v) is 10.9. The Morgan fingerprint density at radius 3 is 1.86 bits per heavy atom. The number of carbonyl (C=O) groups is 4. The van der Waals surface area contributed by atoms with E-state index in [4.69, 9.17) is 37.5 Å². The zero-order chi connectivity index (χ0) is 36.3. The summed E-state index contributed by atoms with van der Waals surface area (Å²) < 4.78 is 36.2. The van der Waals surface area contributed by atoms with E-state index in [1.54, 1.807) is 91.0 Å². The van der Waals surface area contributed by atoms with Gasteiger partial charge in [0, 0.05) is 0 Å². The van der Waals surface area contributed by atoms with E-state index in [2.05, 4.69) is 6.92 Å². The Hall–Kier alpha value is -4.34. The molecule has 2 heterocycles. The predicted octanol–water partition coefficient (Wildman–Crippen LogP) is 7.27. The summed E-state index contributed by atoms with van der Waals surface area (Å²) >= 11 is -2.34. The predicted molar refractivity (Wildman–Crippen MR) is 189 cm³/mol. The minimum atomic E-state index is -2.34. The Morgan fingerprint density at radius 2 is 1.35 bits per heavy atom. The fourth-order valence-electron chi connectivity index (χ4n) is 5.90. The van der Waals surface area contributed by atoms with E-state index < -0.39 is 74.8 Å². The fourth-order valence-corrected chi connectivity index (χ4v) is 6.80. The van der Waals surface area contributed by atoms with Crippen molar-refractivity contribution in [3.8, 4) is 0 Å². The van der Waals surface area contributed by atoms with Gasteiger partial charge in [-0.1, -0.05) is 81.8 Å². The molecule has 0 radical (unpaired) electrons. The van der Waals surface area contributed by atoms with E-state index in [9.17, 15) is 19.2 Å². The molecule has 2 aliphatic rings. The first-order valence-corrected chi connectivity index (χ1v) is 20.2. The van der Waals surface area contributed by atoms with Gasteiger partial charge in [-0.2, -0.15) is 0 Å². The van der Waals surface area contributed by atoms with Gasteiger partial charge < -0.3 is 27.5 Å². The Labute approximate surface area is 306 Å². The highest BCUT2D eigenvalue weighted by Crippen LogP contribution is 2.39. The summed E-state index contributed by atoms with van der Waals surface area (Å²) in [5.74, 6) is -1.97. The Balaban J connectivity index is 1.58. The number of hydrogen-bond acceptors (Lipinski definition) is 10. The van der Waals surface area contributed by atoms with E-state index in [-0.39, 0.29) is 28.5 Å². The molecule has 11 nitrogen and oxygen atoms in total. The third kappa shape index (κ3) is 9.51. The van der Waals surface area contributed by atoms with Crippen molar-refractivity contribution in [2.45, 2.75) is 76.0 Å². The lowest BCUT2D eigenvalue weighted by molar-refractivity contribution is -0.240.